The number of piperidine rings is 2. The van der Waals surface area contributed by atoms with E-state index in [0.717, 1.165) is 80.8 Å². The molecule has 1 amide bonds. The van der Waals surface area contributed by atoms with Gasteiger partial charge in [-0.15, -0.1) is 11.3 Å². The van der Waals surface area contributed by atoms with Gasteiger partial charge >= 0.3 is 0 Å². The minimum absolute atomic E-state index is 0.161. The number of H-pyrrole nitrogens is 1. The highest BCUT2D eigenvalue weighted by Gasteiger charge is 2.32. The van der Waals surface area contributed by atoms with Gasteiger partial charge in [-0.05, 0) is 75.5 Å². The van der Waals surface area contributed by atoms with Gasteiger partial charge in [0.1, 0.15) is 5.82 Å². The Morgan fingerprint density at radius 2 is 1.79 bits per heavy atom. The van der Waals surface area contributed by atoms with Crippen molar-refractivity contribution in [3.63, 3.8) is 0 Å². The molecular formula is C27H31N5OS. The number of amides is 1. The van der Waals surface area contributed by atoms with E-state index in [4.69, 9.17) is 9.97 Å². The summed E-state index contributed by atoms with van der Waals surface area (Å²) in [6.07, 6.45) is 3.93. The Morgan fingerprint density at radius 1 is 1.00 bits per heavy atom. The van der Waals surface area contributed by atoms with Crippen molar-refractivity contribution in [1.82, 2.24) is 24.8 Å². The largest absolute Gasteiger partial charge is 0.342 e. The molecule has 34 heavy (non-hydrogen) atoms. The number of nitrogens with one attached hydrogen (secondary N) is 1. The van der Waals surface area contributed by atoms with Gasteiger partial charge < -0.3 is 9.88 Å². The fourth-order valence-corrected chi connectivity index (χ4v) is 6.61. The fraction of sp³-hybridized carbons (Fsp3) is 0.444. The van der Waals surface area contributed by atoms with E-state index in [2.05, 4.69) is 64.2 Å². The number of aromatic nitrogens is 3. The van der Waals surface area contributed by atoms with Crippen LogP contribution in [-0.4, -0.2) is 56.8 Å². The predicted molar refractivity (Wildman–Crippen MR) is 137 cm³/mol. The molecule has 0 saturated carbocycles. The van der Waals surface area contributed by atoms with Gasteiger partial charge in [-0.2, -0.15) is 0 Å². The average Bonchev–Trinajstić information content (AvgIpc) is 3.47. The Kier molecular flexibility index (Phi) is 5.83. The van der Waals surface area contributed by atoms with Crippen LogP contribution in [0.1, 0.15) is 48.0 Å². The van der Waals surface area contributed by atoms with Crippen LogP contribution in [0.5, 0.6) is 0 Å². The van der Waals surface area contributed by atoms with Gasteiger partial charge in [-0.3, -0.25) is 9.69 Å². The van der Waals surface area contributed by atoms with Crippen molar-refractivity contribution >= 4 is 38.5 Å². The second kappa shape index (κ2) is 9.12. The number of aryl methyl sites for hydroxylation is 1. The predicted octanol–water partition coefficient (Wildman–Crippen LogP) is 5.10. The molecule has 0 unspecified atom stereocenters. The van der Waals surface area contributed by atoms with Gasteiger partial charge in [-0.1, -0.05) is 18.2 Å². The topological polar surface area (TPSA) is 65.1 Å². The van der Waals surface area contributed by atoms with E-state index in [9.17, 15) is 4.79 Å². The van der Waals surface area contributed by atoms with Gasteiger partial charge in [-0.25, -0.2) is 9.97 Å². The summed E-state index contributed by atoms with van der Waals surface area (Å²) in [6, 6.07) is 14.7. The maximum absolute atomic E-state index is 13.2. The third-order valence-corrected chi connectivity index (χ3v) is 8.66. The van der Waals surface area contributed by atoms with Crippen molar-refractivity contribution in [1.29, 1.82) is 0 Å². The third kappa shape index (κ3) is 4.34. The smallest absolute Gasteiger partial charge is 0.225 e. The molecule has 0 spiro atoms. The molecule has 4 aromatic rings. The molecular weight excluding hydrogens is 442 g/mol. The minimum atomic E-state index is 0.161. The Balaban J connectivity index is 1.01. The number of para-hydroxylation sites is 1. The number of carbonyl (C=O) groups excluding carboxylic acids is 1. The van der Waals surface area contributed by atoms with E-state index >= 15 is 0 Å². The van der Waals surface area contributed by atoms with Crippen LogP contribution in [0.2, 0.25) is 0 Å². The number of carbonyl (C=O) groups is 1. The van der Waals surface area contributed by atoms with Gasteiger partial charge in [0.05, 0.1) is 32.8 Å². The average molecular weight is 474 g/mol. The normalized spacial score (nSPS) is 18.8. The van der Waals surface area contributed by atoms with Crippen molar-refractivity contribution in [3.8, 4) is 0 Å². The van der Waals surface area contributed by atoms with E-state index in [1.54, 1.807) is 0 Å². The molecule has 6 rings (SSSR count). The van der Waals surface area contributed by atoms with Crippen LogP contribution in [0.3, 0.4) is 0 Å². The van der Waals surface area contributed by atoms with Gasteiger partial charge in [0.2, 0.25) is 5.91 Å². The first-order valence-corrected chi connectivity index (χ1v) is 13.3. The number of hydrogen-bond acceptors (Lipinski definition) is 5. The van der Waals surface area contributed by atoms with E-state index in [1.807, 2.05) is 11.3 Å². The van der Waals surface area contributed by atoms with E-state index in [-0.39, 0.29) is 5.92 Å². The molecule has 1 N–H and O–H groups in total. The summed E-state index contributed by atoms with van der Waals surface area (Å²) in [4.78, 5) is 30.8. The van der Waals surface area contributed by atoms with Crippen molar-refractivity contribution < 1.29 is 4.79 Å². The zero-order valence-electron chi connectivity index (χ0n) is 19.7. The lowest BCUT2D eigenvalue weighted by Crippen LogP contribution is -2.45. The molecule has 176 valence electrons. The number of aromatic amines is 1. The van der Waals surface area contributed by atoms with Crippen molar-refractivity contribution in [2.45, 2.75) is 45.1 Å². The number of thiazole rings is 1. The molecule has 2 aliphatic rings. The SMILES string of the molecule is Cc1ccc2nc(CN3CCC(C(=O)N4CCC(c5nc6ccccc6s5)CC4)CC3)[nH]c2c1. The van der Waals surface area contributed by atoms with Crippen molar-refractivity contribution in [2.75, 3.05) is 26.2 Å². The Hall–Kier alpha value is -2.77. The van der Waals surface area contributed by atoms with Gasteiger partial charge in [0.25, 0.3) is 0 Å². The summed E-state index contributed by atoms with van der Waals surface area (Å²) in [5, 5.41) is 1.24. The second-order valence-corrected chi connectivity index (χ2v) is 10.9. The highest BCUT2D eigenvalue weighted by Crippen LogP contribution is 2.34. The van der Waals surface area contributed by atoms with Gasteiger partial charge in [0.15, 0.2) is 0 Å². The molecule has 2 aromatic heterocycles. The molecule has 2 aliphatic heterocycles. The zero-order valence-corrected chi connectivity index (χ0v) is 20.5. The first kappa shape index (κ1) is 21.7. The summed E-state index contributed by atoms with van der Waals surface area (Å²) >= 11 is 1.82. The fourth-order valence-electron chi connectivity index (χ4n) is 5.47. The molecule has 4 heterocycles. The van der Waals surface area contributed by atoms with E-state index in [1.165, 1.54) is 15.3 Å². The van der Waals surface area contributed by atoms with Crippen LogP contribution in [-0.2, 0) is 11.3 Å². The summed E-state index contributed by atoms with van der Waals surface area (Å²) < 4.78 is 1.26. The number of benzene rings is 2. The molecule has 0 radical (unpaired) electrons. The van der Waals surface area contributed by atoms with Crippen LogP contribution in [0.4, 0.5) is 0 Å². The molecule has 2 aromatic carbocycles. The number of imidazole rings is 1. The standard InChI is InChI=1S/C27H31N5OS/c1-18-6-7-21-23(16-18)29-25(28-21)17-31-12-8-20(9-13-31)27(33)32-14-10-19(11-15-32)26-30-22-4-2-3-5-24(22)34-26/h2-7,16,19-20H,8-15,17H2,1H3,(H,28,29). The number of likely N-dealkylation sites (tertiary alicyclic amines) is 2. The minimum Gasteiger partial charge on any atom is -0.342 e. The van der Waals surface area contributed by atoms with Crippen molar-refractivity contribution in [3.05, 3.63) is 58.9 Å². The quantitative estimate of drug-likeness (QED) is 0.448. The van der Waals surface area contributed by atoms with Crippen molar-refractivity contribution in [2.24, 2.45) is 5.92 Å². The Bertz CT molecular complexity index is 1280. The lowest BCUT2D eigenvalue weighted by atomic mass is 9.92. The maximum atomic E-state index is 13.2. The zero-order chi connectivity index (χ0) is 23.1. The molecule has 2 fully saturated rings. The third-order valence-electron chi connectivity index (χ3n) is 7.46. The van der Waals surface area contributed by atoms with Crippen LogP contribution >= 0.6 is 11.3 Å². The monoisotopic (exact) mass is 473 g/mol. The van der Waals surface area contributed by atoms with E-state index in [0.29, 0.717) is 11.8 Å². The van der Waals surface area contributed by atoms with Crippen LogP contribution in [0, 0.1) is 12.8 Å². The Labute approximate surface area is 204 Å². The lowest BCUT2D eigenvalue weighted by molar-refractivity contribution is -0.138. The summed E-state index contributed by atoms with van der Waals surface area (Å²) in [7, 11) is 0. The van der Waals surface area contributed by atoms with E-state index < -0.39 is 0 Å². The number of nitrogens with zero attached hydrogens (tertiary/aromatic N) is 4. The van der Waals surface area contributed by atoms with Crippen LogP contribution < -0.4 is 0 Å². The maximum Gasteiger partial charge on any atom is 0.225 e. The molecule has 2 saturated heterocycles. The number of rotatable bonds is 4. The van der Waals surface area contributed by atoms with Gasteiger partial charge in [0, 0.05) is 24.9 Å². The first-order chi connectivity index (χ1) is 16.6. The summed E-state index contributed by atoms with van der Waals surface area (Å²) in [5.41, 5.74) is 4.48. The highest BCUT2D eigenvalue weighted by atomic mass is 32.1. The summed E-state index contributed by atoms with van der Waals surface area (Å²) in [5.74, 6) is 2.02. The molecule has 7 heteroatoms. The summed E-state index contributed by atoms with van der Waals surface area (Å²) in [6.45, 7) is 6.55. The Morgan fingerprint density at radius 3 is 2.59 bits per heavy atom. The molecule has 0 bridgehead atoms. The molecule has 6 nitrogen and oxygen atoms in total. The number of hydrogen-bond donors (Lipinski definition) is 1. The molecule has 0 aliphatic carbocycles. The lowest BCUT2D eigenvalue weighted by Gasteiger charge is -2.36. The molecule has 0 atom stereocenters. The highest BCUT2D eigenvalue weighted by molar-refractivity contribution is 7.18. The number of fused-ring (bicyclic) bond motifs is 2. The van der Waals surface area contributed by atoms with Crippen LogP contribution in [0.25, 0.3) is 21.3 Å². The first-order valence-electron chi connectivity index (χ1n) is 12.4. The second-order valence-electron chi connectivity index (χ2n) is 9.87. The van der Waals surface area contributed by atoms with Crippen LogP contribution in [0.15, 0.2) is 42.5 Å².